The number of Topliss-reactive ketones (excluding diaryl/α,β-unsaturated/α-hetero) is 1. The first kappa shape index (κ1) is 10.8. The molecule has 0 spiro atoms. The number of ketones is 1. The normalized spacial score (nSPS) is 16.9. The maximum atomic E-state index is 11.9. The monoisotopic (exact) mass is 288 g/mol. The summed E-state index contributed by atoms with van der Waals surface area (Å²) in [5.74, 6) is 0.218. The van der Waals surface area contributed by atoms with E-state index in [4.69, 9.17) is 0 Å². The van der Waals surface area contributed by atoms with Crippen LogP contribution in [0.1, 0.15) is 22.5 Å². The standard InChI is InChI=1S/C9H9BrN2O2S/c10-9-11-5-7(15-9)8(14)12-3-1-6(13)2-4-12/h5H,1-4H2. The van der Waals surface area contributed by atoms with Crippen molar-refractivity contribution in [1.29, 1.82) is 0 Å². The van der Waals surface area contributed by atoms with E-state index in [1.807, 2.05) is 0 Å². The number of hydrogen-bond acceptors (Lipinski definition) is 4. The molecule has 1 aromatic rings. The Bertz CT molecular complexity index is 395. The Kier molecular flexibility index (Phi) is 3.16. The molecule has 1 saturated heterocycles. The van der Waals surface area contributed by atoms with Crippen LogP contribution in [0.15, 0.2) is 10.1 Å². The van der Waals surface area contributed by atoms with Crippen molar-refractivity contribution in [3.05, 3.63) is 15.0 Å². The number of thiazole rings is 1. The van der Waals surface area contributed by atoms with Gasteiger partial charge >= 0.3 is 0 Å². The Morgan fingerprint density at radius 3 is 2.67 bits per heavy atom. The minimum Gasteiger partial charge on any atom is -0.337 e. The predicted molar refractivity (Wildman–Crippen MR) is 60.0 cm³/mol. The summed E-state index contributed by atoms with van der Waals surface area (Å²) in [5.41, 5.74) is 0. The van der Waals surface area contributed by atoms with Gasteiger partial charge in [-0.15, -0.1) is 11.3 Å². The molecule has 15 heavy (non-hydrogen) atoms. The van der Waals surface area contributed by atoms with Crippen LogP contribution in [0.3, 0.4) is 0 Å². The van der Waals surface area contributed by atoms with Crippen LogP contribution in [0.5, 0.6) is 0 Å². The highest BCUT2D eigenvalue weighted by Gasteiger charge is 2.23. The fraction of sp³-hybridized carbons (Fsp3) is 0.444. The molecule has 1 fully saturated rings. The molecule has 1 aromatic heterocycles. The van der Waals surface area contributed by atoms with Crippen molar-refractivity contribution in [3.63, 3.8) is 0 Å². The minimum atomic E-state index is -0.0225. The highest BCUT2D eigenvalue weighted by atomic mass is 79.9. The van der Waals surface area contributed by atoms with Crippen molar-refractivity contribution >= 4 is 39.0 Å². The van der Waals surface area contributed by atoms with E-state index < -0.39 is 0 Å². The van der Waals surface area contributed by atoms with Gasteiger partial charge < -0.3 is 4.90 Å². The van der Waals surface area contributed by atoms with Crippen LogP contribution in [0, 0.1) is 0 Å². The van der Waals surface area contributed by atoms with Gasteiger partial charge in [-0.2, -0.15) is 0 Å². The zero-order valence-electron chi connectivity index (χ0n) is 7.90. The van der Waals surface area contributed by atoms with Crippen molar-refractivity contribution < 1.29 is 9.59 Å². The second kappa shape index (κ2) is 4.40. The summed E-state index contributed by atoms with van der Waals surface area (Å²) in [6.45, 7) is 1.07. The highest BCUT2D eigenvalue weighted by molar-refractivity contribution is 9.11. The number of rotatable bonds is 1. The predicted octanol–water partition coefficient (Wildman–Crippen LogP) is 1.71. The van der Waals surface area contributed by atoms with E-state index in [2.05, 4.69) is 20.9 Å². The number of carbonyl (C=O) groups is 2. The number of hydrogen-bond donors (Lipinski definition) is 0. The number of piperidine rings is 1. The molecule has 2 rings (SSSR count). The van der Waals surface area contributed by atoms with E-state index in [-0.39, 0.29) is 11.7 Å². The summed E-state index contributed by atoms with van der Waals surface area (Å²) in [6.07, 6.45) is 2.52. The lowest BCUT2D eigenvalue weighted by molar-refractivity contribution is -0.120. The van der Waals surface area contributed by atoms with Crippen molar-refractivity contribution in [2.24, 2.45) is 0 Å². The van der Waals surface area contributed by atoms with Gasteiger partial charge in [0.05, 0.1) is 6.20 Å². The van der Waals surface area contributed by atoms with Gasteiger partial charge in [-0.1, -0.05) is 0 Å². The lowest BCUT2D eigenvalue weighted by Crippen LogP contribution is -2.38. The number of aromatic nitrogens is 1. The van der Waals surface area contributed by atoms with Crippen LogP contribution in [0.4, 0.5) is 0 Å². The van der Waals surface area contributed by atoms with Gasteiger partial charge in [0, 0.05) is 25.9 Å². The van der Waals surface area contributed by atoms with Gasteiger partial charge in [0.2, 0.25) is 0 Å². The first-order valence-corrected chi connectivity index (χ1v) is 6.20. The van der Waals surface area contributed by atoms with Crippen molar-refractivity contribution in [2.45, 2.75) is 12.8 Å². The quantitative estimate of drug-likeness (QED) is 0.791. The molecule has 0 aromatic carbocycles. The van der Waals surface area contributed by atoms with E-state index in [0.717, 1.165) is 0 Å². The summed E-state index contributed by atoms with van der Waals surface area (Å²) in [7, 11) is 0. The number of likely N-dealkylation sites (tertiary alicyclic amines) is 1. The van der Waals surface area contributed by atoms with Crippen LogP contribution >= 0.6 is 27.3 Å². The molecule has 1 amide bonds. The number of nitrogens with zero attached hydrogens (tertiary/aromatic N) is 2. The highest BCUT2D eigenvalue weighted by Crippen LogP contribution is 2.21. The molecule has 6 heteroatoms. The maximum absolute atomic E-state index is 11.9. The number of carbonyl (C=O) groups excluding carboxylic acids is 2. The van der Waals surface area contributed by atoms with Gasteiger partial charge in [-0.05, 0) is 15.9 Å². The van der Waals surface area contributed by atoms with Gasteiger partial charge in [-0.3, -0.25) is 9.59 Å². The van der Waals surface area contributed by atoms with Gasteiger partial charge in [0.25, 0.3) is 5.91 Å². The Labute approximate surface area is 99.4 Å². The Hall–Kier alpha value is -0.750. The smallest absolute Gasteiger partial charge is 0.265 e. The third-order valence-electron chi connectivity index (χ3n) is 2.30. The van der Waals surface area contributed by atoms with Crippen LogP contribution in [-0.4, -0.2) is 34.7 Å². The van der Waals surface area contributed by atoms with Crippen LogP contribution in [-0.2, 0) is 4.79 Å². The SMILES string of the molecule is O=C1CCN(C(=O)c2cnc(Br)s2)CC1. The van der Waals surface area contributed by atoms with E-state index in [0.29, 0.717) is 34.7 Å². The zero-order valence-corrected chi connectivity index (χ0v) is 10.3. The molecule has 0 atom stereocenters. The Morgan fingerprint density at radius 2 is 2.13 bits per heavy atom. The van der Waals surface area contributed by atoms with Crippen LogP contribution < -0.4 is 0 Å². The second-order valence-electron chi connectivity index (χ2n) is 3.31. The Balaban J connectivity index is 2.05. The topological polar surface area (TPSA) is 50.3 Å². The van der Waals surface area contributed by atoms with Gasteiger partial charge in [-0.25, -0.2) is 4.98 Å². The lowest BCUT2D eigenvalue weighted by Gasteiger charge is -2.25. The summed E-state index contributed by atoms with van der Waals surface area (Å²) in [6, 6.07) is 0. The first-order valence-electron chi connectivity index (χ1n) is 4.59. The molecule has 0 unspecified atom stereocenters. The maximum Gasteiger partial charge on any atom is 0.265 e. The van der Waals surface area contributed by atoms with Crippen molar-refractivity contribution in [3.8, 4) is 0 Å². The number of halogens is 1. The molecule has 0 radical (unpaired) electrons. The molecule has 4 nitrogen and oxygen atoms in total. The van der Waals surface area contributed by atoms with Crippen molar-refractivity contribution in [2.75, 3.05) is 13.1 Å². The summed E-state index contributed by atoms with van der Waals surface area (Å²) in [4.78, 5) is 29.2. The molecular weight excluding hydrogens is 280 g/mol. The van der Waals surface area contributed by atoms with E-state index in [1.54, 1.807) is 11.1 Å². The molecule has 0 bridgehead atoms. The van der Waals surface area contributed by atoms with E-state index in [1.165, 1.54) is 11.3 Å². The number of amides is 1. The fourth-order valence-corrected chi connectivity index (χ4v) is 2.70. The summed E-state index contributed by atoms with van der Waals surface area (Å²) < 4.78 is 0.707. The third-order valence-corrected chi connectivity index (χ3v) is 3.76. The largest absolute Gasteiger partial charge is 0.337 e. The first-order chi connectivity index (χ1) is 7.16. The average Bonchev–Trinajstić information content (AvgIpc) is 2.65. The van der Waals surface area contributed by atoms with Crippen LogP contribution in [0.25, 0.3) is 0 Å². The molecule has 0 N–H and O–H groups in total. The van der Waals surface area contributed by atoms with Crippen LogP contribution in [0.2, 0.25) is 0 Å². The third kappa shape index (κ3) is 2.43. The Morgan fingerprint density at radius 1 is 1.47 bits per heavy atom. The molecule has 1 aliphatic heterocycles. The molecule has 1 aliphatic rings. The summed E-state index contributed by atoms with van der Waals surface area (Å²) in [5, 5.41) is 0. The molecule has 0 aliphatic carbocycles. The van der Waals surface area contributed by atoms with Gasteiger partial charge in [0.1, 0.15) is 10.7 Å². The fourth-order valence-electron chi connectivity index (χ4n) is 1.47. The summed E-state index contributed by atoms with van der Waals surface area (Å²) >= 11 is 4.54. The molecule has 0 saturated carbocycles. The second-order valence-corrected chi connectivity index (χ2v) is 5.62. The molecule has 80 valence electrons. The molecular formula is C9H9BrN2O2S. The minimum absolute atomic E-state index is 0.0225. The average molecular weight is 289 g/mol. The molecule has 2 heterocycles. The van der Waals surface area contributed by atoms with Gasteiger partial charge in [0.15, 0.2) is 3.92 Å². The zero-order chi connectivity index (χ0) is 10.8. The van der Waals surface area contributed by atoms with Crippen molar-refractivity contribution in [1.82, 2.24) is 9.88 Å². The lowest BCUT2D eigenvalue weighted by atomic mass is 10.1. The van der Waals surface area contributed by atoms with E-state index >= 15 is 0 Å². The van der Waals surface area contributed by atoms with E-state index in [9.17, 15) is 9.59 Å².